The number of fused-ring (bicyclic) bond motifs is 1. The summed E-state index contributed by atoms with van der Waals surface area (Å²) in [5.41, 5.74) is 0. The molecule has 0 amide bonds. The first kappa shape index (κ1) is 18.4. The fourth-order valence-corrected chi connectivity index (χ4v) is 5.76. The predicted octanol–water partition coefficient (Wildman–Crippen LogP) is 0.620. The van der Waals surface area contributed by atoms with E-state index in [1.165, 1.54) is 37.1 Å². The highest BCUT2D eigenvalue weighted by atomic mass is 32.2. The van der Waals surface area contributed by atoms with Crippen molar-refractivity contribution in [2.75, 3.05) is 26.0 Å². The molecule has 3 aliphatic rings. The van der Waals surface area contributed by atoms with E-state index in [1.807, 2.05) is 0 Å². The van der Waals surface area contributed by atoms with Crippen LogP contribution >= 0.6 is 0 Å². The van der Waals surface area contributed by atoms with Gasteiger partial charge in [0.2, 0.25) is 10.0 Å². The van der Waals surface area contributed by atoms with Crippen molar-refractivity contribution < 1.29 is 21.6 Å². The molecule has 1 aromatic rings. The number of ether oxygens (including phenoxy) is 1. The van der Waals surface area contributed by atoms with Crippen molar-refractivity contribution in [3.8, 4) is 0 Å². The van der Waals surface area contributed by atoms with Gasteiger partial charge in [-0.05, 0) is 49.4 Å². The summed E-state index contributed by atoms with van der Waals surface area (Å²) in [6, 6.07) is 5.46. The van der Waals surface area contributed by atoms with E-state index in [1.54, 1.807) is 0 Å². The van der Waals surface area contributed by atoms with Crippen molar-refractivity contribution in [2.45, 2.75) is 47.2 Å². The van der Waals surface area contributed by atoms with Crippen LogP contribution in [-0.2, 0) is 24.6 Å². The summed E-state index contributed by atoms with van der Waals surface area (Å²) in [4.78, 5) is 2.53. The maximum atomic E-state index is 12.6. The van der Waals surface area contributed by atoms with Crippen LogP contribution in [0.5, 0.6) is 0 Å². The summed E-state index contributed by atoms with van der Waals surface area (Å²) in [6.07, 6.45) is 4.61. The predicted molar refractivity (Wildman–Crippen MR) is 96.1 cm³/mol. The molecule has 1 aromatic carbocycles. The molecule has 0 unspecified atom stereocenters. The number of nitrogens with one attached hydrogen (secondary N) is 1. The summed E-state index contributed by atoms with van der Waals surface area (Å²) in [7, 11) is -7.02. The summed E-state index contributed by atoms with van der Waals surface area (Å²) in [6.45, 7) is 2.25. The summed E-state index contributed by atoms with van der Waals surface area (Å²) in [5.74, 6) is 0.681. The Kier molecular flexibility index (Phi) is 4.63. The molecule has 1 saturated carbocycles. The molecule has 9 heteroatoms. The van der Waals surface area contributed by atoms with Gasteiger partial charge in [0.15, 0.2) is 9.84 Å². The molecule has 2 aliphatic heterocycles. The zero-order valence-corrected chi connectivity index (χ0v) is 16.3. The van der Waals surface area contributed by atoms with E-state index in [0.29, 0.717) is 25.2 Å². The van der Waals surface area contributed by atoms with Crippen LogP contribution in [-0.4, -0.2) is 65.9 Å². The van der Waals surface area contributed by atoms with Gasteiger partial charge in [-0.1, -0.05) is 0 Å². The Labute approximate surface area is 154 Å². The number of rotatable bonds is 5. The highest BCUT2D eigenvalue weighted by Gasteiger charge is 2.43. The van der Waals surface area contributed by atoms with Gasteiger partial charge in [-0.3, -0.25) is 4.90 Å². The first-order valence-corrected chi connectivity index (χ1v) is 12.3. The van der Waals surface area contributed by atoms with Crippen molar-refractivity contribution in [1.29, 1.82) is 0 Å². The highest BCUT2D eigenvalue weighted by Crippen LogP contribution is 2.38. The van der Waals surface area contributed by atoms with Gasteiger partial charge < -0.3 is 4.74 Å². The van der Waals surface area contributed by atoms with Crippen LogP contribution in [0, 0.1) is 5.92 Å². The quantitative estimate of drug-likeness (QED) is 0.779. The number of nitrogens with zero attached hydrogens (tertiary/aromatic N) is 1. The maximum Gasteiger partial charge on any atom is 0.240 e. The number of benzene rings is 1. The molecular weight excluding hydrogens is 376 g/mol. The second kappa shape index (κ2) is 6.56. The minimum absolute atomic E-state index is 0.0851. The van der Waals surface area contributed by atoms with Gasteiger partial charge in [-0.2, -0.15) is 0 Å². The van der Waals surface area contributed by atoms with E-state index in [-0.39, 0.29) is 21.9 Å². The van der Waals surface area contributed by atoms with E-state index in [2.05, 4.69) is 9.62 Å². The Hall–Kier alpha value is -1.00. The third kappa shape index (κ3) is 3.82. The lowest BCUT2D eigenvalue weighted by Crippen LogP contribution is -2.47. The van der Waals surface area contributed by atoms with Crippen LogP contribution in [0.2, 0.25) is 0 Å². The maximum absolute atomic E-state index is 12.6. The first-order valence-electron chi connectivity index (χ1n) is 8.90. The second-order valence-electron chi connectivity index (χ2n) is 7.61. The van der Waals surface area contributed by atoms with Gasteiger partial charge in [0.05, 0.1) is 22.5 Å². The summed E-state index contributed by atoms with van der Waals surface area (Å²) >= 11 is 0. The monoisotopic (exact) mass is 400 g/mol. The van der Waals surface area contributed by atoms with Crippen LogP contribution in [0.4, 0.5) is 0 Å². The van der Waals surface area contributed by atoms with Crippen LogP contribution in [0.3, 0.4) is 0 Å². The van der Waals surface area contributed by atoms with E-state index >= 15 is 0 Å². The zero-order chi connectivity index (χ0) is 18.5. The minimum atomic E-state index is -3.68. The van der Waals surface area contributed by atoms with Gasteiger partial charge in [0.25, 0.3) is 0 Å². The zero-order valence-electron chi connectivity index (χ0n) is 14.7. The fourth-order valence-electron chi connectivity index (χ4n) is 3.89. The van der Waals surface area contributed by atoms with Crippen molar-refractivity contribution in [3.05, 3.63) is 24.3 Å². The highest BCUT2D eigenvalue weighted by molar-refractivity contribution is 7.90. The van der Waals surface area contributed by atoms with Gasteiger partial charge in [0, 0.05) is 31.4 Å². The number of sulfonamides is 1. The van der Waals surface area contributed by atoms with Crippen molar-refractivity contribution >= 4 is 19.9 Å². The number of morpholine rings is 1. The average molecular weight is 401 g/mol. The van der Waals surface area contributed by atoms with Crippen LogP contribution in [0.25, 0.3) is 0 Å². The smallest absolute Gasteiger partial charge is 0.240 e. The van der Waals surface area contributed by atoms with Crippen LogP contribution in [0.1, 0.15) is 19.3 Å². The minimum Gasteiger partial charge on any atom is -0.375 e. The van der Waals surface area contributed by atoms with Gasteiger partial charge in [0.1, 0.15) is 0 Å². The Bertz CT molecular complexity index is 878. The molecule has 1 aliphatic carbocycles. The summed E-state index contributed by atoms with van der Waals surface area (Å²) in [5, 5.41) is 0. The Morgan fingerprint density at radius 1 is 1.04 bits per heavy atom. The lowest BCUT2D eigenvalue weighted by atomic mass is 10.1. The molecule has 26 heavy (non-hydrogen) atoms. The number of hydrogen-bond donors (Lipinski definition) is 1. The van der Waals surface area contributed by atoms with Gasteiger partial charge in [-0.15, -0.1) is 0 Å². The van der Waals surface area contributed by atoms with E-state index in [9.17, 15) is 16.8 Å². The molecular formula is C17H24N2O5S2. The van der Waals surface area contributed by atoms with Crippen molar-refractivity contribution in [3.63, 3.8) is 0 Å². The molecule has 0 bridgehead atoms. The van der Waals surface area contributed by atoms with E-state index in [0.717, 1.165) is 19.2 Å². The standard InChI is InChI=1S/C17H24N2O5S2/c1-25(20,21)15-4-6-16(7-5-15)26(22,23)18-13-8-14-11-24-17(12-2-3-12)10-19(14)9-13/h4-7,12-14,17-18H,2-3,8-11H2,1H3/t13-,14-,17+/m0/s1. The Balaban J connectivity index is 1.42. The number of sulfone groups is 1. The largest absolute Gasteiger partial charge is 0.375 e. The molecule has 0 spiro atoms. The molecule has 7 nitrogen and oxygen atoms in total. The van der Waals surface area contributed by atoms with Crippen LogP contribution in [0.15, 0.2) is 34.1 Å². The van der Waals surface area contributed by atoms with Crippen molar-refractivity contribution in [1.82, 2.24) is 9.62 Å². The Morgan fingerprint density at radius 3 is 2.31 bits per heavy atom. The van der Waals surface area contributed by atoms with Crippen molar-refractivity contribution in [2.24, 2.45) is 5.92 Å². The van der Waals surface area contributed by atoms with Gasteiger partial charge >= 0.3 is 0 Å². The lowest BCUT2D eigenvalue weighted by Gasteiger charge is -2.35. The molecule has 2 heterocycles. The SMILES string of the molecule is CS(=O)(=O)c1ccc(S(=O)(=O)N[C@H]2C[C@H]3CO[C@@H](C4CC4)CN3C2)cc1. The molecule has 2 saturated heterocycles. The molecule has 144 valence electrons. The fraction of sp³-hybridized carbons (Fsp3) is 0.647. The van der Waals surface area contributed by atoms with Crippen LogP contribution < -0.4 is 4.72 Å². The number of hydrogen-bond acceptors (Lipinski definition) is 6. The molecule has 3 fully saturated rings. The molecule has 3 atom stereocenters. The third-order valence-corrected chi connectivity index (χ3v) is 8.14. The Morgan fingerprint density at radius 2 is 1.69 bits per heavy atom. The molecule has 4 rings (SSSR count). The molecule has 0 radical (unpaired) electrons. The average Bonchev–Trinajstić information content (AvgIpc) is 3.34. The topological polar surface area (TPSA) is 92.8 Å². The van der Waals surface area contributed by atoms with E-state index < -0.39 is 19.9 Å². The second-order valence-corrected chi connectivity index (χ2v) is 11.3. The normalized spacial score (nSPS) is 30.3. The van der Waals surface area contributed by atoms with Gasteiger partial charge in [-0.25, -0.2) is 21.6 Å². The first-order chi connectivity index (χ1) is 12.2. The molecule has 1 N–H and O–H groups in total. The lowest BCUT2D eigenvalue weighted by molar-refractivity contribution is -0.0581. The van der Waals surface area contributed by atoms with E-state index in [4.69, 9.17) is 4.74 Å². The summed E-state index contributed by atoms with van der Waals surface area (Å²) < 4.78 is 57.0. The third-order valence-electron chi connectivity index (χ3n) is 5.48. The molecule has 0 aromatic heterocycles.